The molecule has 0 fully saturated rings. The lowest BCUT2D eigenvalue weighted by molar-refractivity contribution is -0.122. The van der Waals surface area contributed by atoms with Crippen LogP contribution >= 0.6 is 34.8 Å². The smallest absolute Gasteiger partial charge is 0.250 e. The molecule has 0 rings (SSSR count). The second-order valence-corrected chi connectivity index (χ2v) is 4.88. The van der Waals surface area contributed by atoms with E-state index >= 15 is 0 Å². The molecular weight excluding hydrogens is 208 g/mol. The number of ketones is 1. The first kappa shape index (κ1) is 11.5. The van der Waals surface area contributed by atoms with E-state index in [4.69, 9.17) is 40.5 Å². The lowest BCUT2D eigenvalue weighted by Crippen LogP contribution is -2.49. The Bertz CT molecular complexity index is 162. The summed E-state index contributed by atoms with van der Waals surface area (Å²) in [7, 11) is 0. The molecule has 2 N–H and O–H groups in total. The minimum atomic E-state index is -1.90. The van der Waals surface area contributed by atoms with Crippen LogP contribution in [0.2, 0.25) is 0 Å². The van der Waals surface area contributed by atoms with Crippen LogP contribution in [-0.2, 0) is 4.79 Å². The third kappa shape index (κ3) is 3.16. The van der Waals surface area contributed by atoms with Crippen LogP contribution in [0, 0.1) is 0 Å². The summed E-state index contributed by atoms with van der Waals surface area (Å²) in [5.74, 6) is -0.572. The molecule has 2 nitrogen and oxygen atoms in total. The van der Waals surface area contributed by atoms with Crippen molar-refractivity contribution in [3.05, 3.63) is 0 Å². The fraction of sp³-hybridized carbons (Fsp3) is 0.833. The number of alkyl halides is 3. The largest absolute Gasteiger partial charge is 0.319 e. The van der Waals surface area contributed by atoms with E-state index in [1.165, 1.54) is 6.92 Å². The topological polar surface area (TPSA) is 43.1 Å². The average molecular weight is 219 g/mol. The Morgan fingerprint density at radius 1 is 1.45 bits per heavy atom. The Hall–Kier alpha value is 0.500. The maximum Gasteiger partial charge on any atom is 0.250 e. The Balaban J connectivity index is 4.50. The van der Waals surface area contributed by atoms with Gasteiger partial charge in [0, 0.05) is 0 Å². The number of carbonyl (C=O) groups is 1. The SMILES string of the molecule is CCC(C)(N)C(=O)C(Cl)(Cl)Cl. The molecule has 0 aromatic carbocycles. The van der Waals surface area contributed by atoms with Gasteiger partial charge in [-0.2, -0.15) is 0 Å². The van der Waals surface area contributed by atoms with Crippen molar-refractivity contribution in [3.8, 4) is 0 Å². The van der Waals surface area contributed by atoms with Crippen molar-refractivity contribution in [1.29, 1.82) is 0 Å². The predicted octanol–water partition coefficient (Wildman–Crippen LogP) is 2.05. The first-order valence-electron chi connectivity index (χ1n) is 3.12. The predicted molar refractivity (Wildman–Crippen MR) is 48.2 cm³/mol. The zero-order valence-corrected chi connectivity index (χ0v) is 8.59. The number of hydrogen-bond acceptors (Lipinski definition) is 2. The van der Waals surface area contributed by atoms with Crippen molar-refractivity contribution in [2.24, 2.45) is 5.73 Å². The van der Waals surface area contributed by atoms with Crippen LogP contribution in [0.25, 0.3) is 0 Å². The molecule has 0 radical (unpaired) electrons. The van der Waals surface area contributed by atoms with Gasteiger partial charge >= 0.3 is 0 Å². The van der Waals surface area contributed by atoms with Gasteiger partial charge in [-0.3, -0.25) is 4.79 Å². The summed E-state index contributed by atoms with van der Waals surface area (Å²) in [6.07, 6.45) is 0.444. The van der Waals surface area contributed by atoms with Crippen molar-refractivity contribution >= 4 is 40.6 Å². The quantitative estimate of drug-likeness (QED) is 0.721. The Kier molecular flexibility index (Phi) is 3.64. The van der Waals surface area contributed by atoms with Crippen LogP contribution < -0.4 is 5.73 Å². The number of halogens is 3. The number of nitrogens with two attached hydrogens (primary N) is 1. The molecule has 66 valence electrons. The first-order chi connectivity index (χ1) is 4.72. The highest BCUT2D eigenvalue weighted by Crippen LogP contribution is 2.31. The molecule has 0 heterocycles. The summed E-state index contributed by atoms with van der Waals surface area (Å²) < 4.78 is -1.90. The van der Waals surface area contributed by atoms with Crippen LogP contribution in [-0.4, -0.2) is 15.1 Å². The molecule has 5 heteroatoms. The molecule has 0 aliphatic carbocycles. The zero-order valence-electron chi connectivity index (χ0n) is 6.33. The monoisotopic (exact) mass is 217 g/mol. The highest BCUT2D eigenvalue weighted by atomic mass is 35.6. The van der Waals surface area contributed by atoms with Crippen molar-refractivity contribution in [2.45, 2.75) is 29.6 Å². The van der Waals surface area contributed by atoms with Crippen LogP contribution in [0.1, 0.15) is 20.3 Å². The number of rotatable bonds is 2. The van der Waals surface area contributed by atoms with Crippen molar-refractivity contribution in [2.75, 3.05) is 0 Å². The van der Waals surface area contributed by atoms with Crippen molar-refractivity contribution < 1.29 is 4.79 Å². The standard InChI is InChI=1S/C6H10Cl3NO/c1-3-5(2,10)4(11)6(7,8)9/h3,10H2,1-2H3. The molecule has 0 spiro atoms. The van der Waals surface area contributed by atoms with E-state index in [0.29, 0.717) is 6.42 Å². The molecule has 0 saturated heterocycles. The molecule has 0 saturated carbocycles. The molecule has 0 aromatic rings. The lowest BCUT2D eigenvalue weighted by atomic mass is 9.96. The highest BCUT2D eigenvalue weighted by Gasteiger charge is 2.41. The summed E-state index contributed by atoms with van der Waals surface area (Å²) in [5, 5.41) is 0. The van der Waals surface area contributed by atoms with Gasteiger partial charge in [0.05, 0.1) is 5.54 Å². The van der Waals surface area contributed by atoms with Gasteiger partial charge in [0.2, 0.25) is 5.78 Å². The van der Waals surface area contributed by atoms with Gasteiger partial charge in [0.1, 0.15) is 0 Å². The van der Waals surface area contributed by atoms with Gasteiger partial charge in [0.25, 0.3) is 3.79 Å². The van der Waals surface area contributed by atoms with Gasteiger partial charge in [-0.1, -0.05) is 41.7 Å². The van der Waals surface area contributed by atoms with Crippen molar-refractivity contribution in [3.63, 3.8) is 0 Å². The van der Waals surface area contributed by atoms with E-state index < -0.39 is 15.1 Å². The van der Waals surface area contributed by atoms with E-state index in [1.54, 1.807) is 6.92 Å². The second kappa shape index (κ2) is 3.48. The molecule has 1 unspecified atom stereocenters. The molecule has 1 atom stereocenters. The molecule has 0 aromatic heterocycles. The van der Waals surface area contributed by atoms with E-state index in [1.807, 2.05) is 0 Å². The molecule has 11 heavy (non-hydrogen) atoms. The molecule has 0 aliphatic rings. The van der Waals surface area contributed by atoms with Crippen LogP contribution in [0.4, 0.5) is 0 Å². The normalized spacial score (nSPS) is 17.6. The van der Waals surface area contributed by atoms with Crippen LogP contribution in [0.5, 0.6) is 0 Å². The summed E-state index contributed by atoms with van der Waals surface area (Å²) in [5.41, 5.74) is 4.49. The Morgan fingerprint density at radius 2 is 1.82 bits per heavy atom. The van der Waals surface area contributed by atoms with E-state index in [2.05, 4.69) is 0 Å². The molecular formula is C6H10Cl3NO. The van der Waals surface area contributed by atoms with E-state index in [-0.39, 0.29) is 0 Å². The minimum Gasteiger partial charge on any atom is -0.319 e. The van der Waals surface area contributed by atoms with Crippen molar-refractivity contribution in [1.82, 2.24) is 0 Å². The maximum absolute atomic E-state index is 11.2. The Labute approximate surface area is 81.0 Å². The van der Waals surface area contributed by atoms with E-state index in [9.17, 15) is 4.79 Å². The summed E-state index contributed by atoms with van der Waals surface area (Å²) in [4.78, 5) is 11.2. The van der Waals surface area contributed by atoms with Gasteiger partial charge in [0.15, 0.2) is 0 Å². The average Bonchev–Trinajstić information content (AvgIpc) is 1.84. The third-order valence-corrected chi connectivity index (χ3v) is 2.03. The van der Waals surface area contributed by atoms with Gasteiger partial charge in [-0.05, 0) is 13.3 Å². The molecule has 0 aliphatic heterocycles. The minimum absolute atomic E-state index is 0.444. The number of Topliss-reactive ketones (excluding diaryl/α,β-unsaturated/α-hetero) is 1. The third-order valence-electron chi connectivity index (χ3n) is 1.51. The van der Waals surface area contributed by atoms with E-state index in [0.717, 1.165) is 0 Å². The Morgan fingerprint density at radius 3 is 1.91 bits per heavy atom. The van der Waals surface area contributed by atoms with Gasteiger partial charge < -0.3 is 5.73 Å². The highest BCUT2D eigenvalue weighted by molar-refractivity contribution is 6.76. The molecule has 0 amide bonds. The maximum atomic E-state index is 11.2. The second-order valence-electron chi connectivity index (χ2n) is 2.60. The summed E-state index contributed by atoms with van der Waals surface area (Å²) in [6, 6.07) is 0. The van der Waals surface area contributed by atoms with Gasteiger partial charge in [-0.25, -0.2) is 0 Å². The van der Waals surface area contributed by atoms with Gasteiger partial charge in [-0.15, -0.1) is 0 Å². The summed E-state index contributed by atoms with van der Waals surface area (Å²) in [6.45, 7) is 3.30. The van der Waals surface area contributed by atoms with Crippen LogP contribution in [0.15, 0.2) is 0 Å². The molecule has 0 bridgehead atoms. The number of hydrogen-bond donors (Lipinski definition) is 1. The summed E-state index contributed by atoms with van der Waals surface area (Å²) >= 11 is 16.0. The zero-order chi connectivity index (χ0) is 9.28. The number of carbonyl (C=O) groups excluding carboxylic acids is 1. The lowest BCUT2D eigenvalue weighted by Gasteiger charge is -2.24. The fourth-order valence-corrected chi connectivity index (χ4v) is 1.13. The fourth-order valence-electron chi connectivity index (χ4n) is 0.484. The van der Waals surface area contributed by atoms with Crippen LogP contribution in [0.3, 0.4) is 0 Å². The first-order valence-corrected chi connectivity index (χ1v) is 4.25.